The summed E-state index contributed by atoms with van der Waals surface area (Å²) in [6, 6.07) is 0. The van der Waals surface area contributed by atoms with E-state index < -0.39 is 36.1 Å². The third kappa shape index (κ3) is 5.60. The Kier molecular flexibility index (Phi) is 7.28. The average Bonchev–Trinajstić information content (AvgIpc) is 2.30. The summed E-state index contributed by atoms with van der Waals surface area (Å²) in [4.78, 5) is 0. The Morgan fingerprint density at radius 3 is 1.83 bits per heavy atom. The van der Waals surface area contributed by atoms with Gasteiger partial charge in [-0.1, -0.05) is 6.92 Å². The van der Waals surface area contributed by atoms with Gasteiger partial charge in [0.05, 0.1) is 11.7 Å². The summed E-state index contributed by atoms with van der Waals surface area (Å²) in [5.74, 6) is -0.554. The molecule has 0 amide bonds. The average molecular weight is 266 g/mol. The minimum absolute atomic E-state index is 0.289. The highest BCUT2D eigenvalue weighted by Crippen LogP contribution is 2.19. The zero-order valence-electron chi connectivity index (χ0n) is 11.7. The zero-order valence-corrected chi connectivity index (χ0v) is 11.7. The van der Waals surface area contributed by atoms with E-state index in [-0.39, 0.29) is 6.61 Å². The van der Waals surface area contributed by atoms with Crippen LogP contribution in [0.5, 0.6) is 0 Å². The summed E-state index contributed by atoms with van der Waals surface area (Å²) in [6.45, 7) is 6.62. The number of aliphatic hydroxyl groups excluding tert-OH is 4. The molecule has 110 valence electrons. The van der Waals surface area contributed by atoms with Crippen LogP contribution in [0.25, 0.3) is 0 Å². The van der Waals surface area contributed by atoms with E-state index in [1.807, 2.05) is 0 Å². The predicted molar refractivity (Wildman–Crippen MR) is 65.9 cm³/mol. The lowest BCUT2D eigenvalue weighted by atomic mass is 9.96. The van der Waals surface area contributed by atoms with Crippen LogP contribution in [-0.4, -0.2) is 64.3 Å². The molecule has 0 bridgehead atoms. The second-order valence-corrected chi connectivity index (χ2v) is 5.47. The Morgan fingerprint density at radius 2 is 1.50 bits per heavy atom. The quantitative estimate of drug-likeness (QED) is 0.463. The fourth-order valence-corrected chi connectivity index (χ4v) is 1.41. The van der Waals surface area contributed by atoms with Gasteiger partial charge in [-0.15, -0.1) is 0 Å². The molecule has 5 atom stereocenters. The molecule has 0 aromatic rings. The van der Waals surface area contributed by atoms with Crippen molar-refractivity contribution in [2.45, 2.75) is 57.9 Å². The van der Waals surface area contributed by atoms with Crippen LogP contribution in [0.3, 0.4) is 0 Å². The van der Waals surface area contributed by atoms with Gasteiger partial charge in [-0.25, -0.2) is 0 Å². The van der Waals surface area contributed by atoms with Crippen LogP contribution in [0.15, 0.2) is 0 Å². The normalized spacial score (nSPS) is 21.2. The topological polar surface area (TPSA) is 99.4 Å². The first-order valence-electron chi connectivity index (χ1n) is 5.99. The molecular weight excluding hydrogens is 240 g/mol. The van der Waals surface area contributed by atoms with Gasteiger partial charge in [0.2, 0.25) is 0 Å². The first kappa shape index (κ1) is 17.8. The van der Waals surface area contributed by atoms with Gasteiger partial charge in [-0.3, -0.25) is 0 Å². The van der Waals surface area contributed by atoms with E-state index >= 15 is 0 Å². The molecule has 0 aromatic heterocycles. The minimum atomic E-state index is -1.46. The second-order valence-electron chi connectivity index (χ2n) is 5.47. The van der Waals surface area contributed by atoms with E-state index in [1.165, 1.54) is 7.11 Å². The van der Waals surface area contributed by atoms with Crippen molar-refractivity contribution < 1.29 is 29.9 Å². The molecule has 6 nitrogen and oxygen atoms in total. The van der Waals surface area contributed by atoms with Crippen molar-refractivity contribution in [3.63, 3.8) is 0 Å². The number of rotatable bonds is 7. The largest absolute Gasteiger partial charge is 0.396 e. The lowest BCUT2D eigenvalue weighted by Crippen LogP contribution is -2.50. The van der Waals surface area contributed by atoms with Crippen molar-refractivity contribution in [3.8, 4) is 0 Å². The number of ether oxygens (including phenoxy) is 2. The molecule has 0 radical (unpaired) electrons. The van der Waals surface area contributed by atoms with Crippen LogP contribution < -0.4 is 0 Å². The molecule has 0 fully saturated rings. The van der Waals surface area contributed by atoms with Crippen LogP contribution in [0.4, 0.5) is 0 Å². The summed E-state index contributed by atoms with van der Waals surface area (Å²) in [5, 5.41) is 38.4. The third-order valence-corrected chi connectivity index (χ3v) is 2.55. The van der Waals surface area contributed by atoms with Crippen LogP contribution in [-0.2, 0) is 9.47 Å². The third-order valence-electron chi connectivity index (χ3n) is 2.55. The fourth-order valence-electron chi connectivity index (χ4n) is 1.41. The number of aliphatic hydroxyl groups is 4. The second kappa shape index (κ2) is 7.37. The monoisotopic (exact) mass is 266 g/mol. The van der Waals surface area contributed by atoms with E-state index in [9.17, 15) is 15.3 Å². The number of hydrogen-bond acceptors (Lipinski definition) is 6. The molecule has 5 unspecified atom stereocenters. The van der Waals surface area contributed by atoms with Crippen molar-refractivity contribution >= 4 is 0 Å². The summed E-state index contributed by atoms with van der Waals surface area (Å²) >= 11 is 0. The molecule has 0 aliphatic carbocycles. The SMILES string of the molecule is COC(OC(C)(C)C)C(O)C(O)C(O)C(C)CO. The van der Waals surface area contributed by atoms with Gasteiger partial charge in [-0.05, 0) is 20.8 Å². The van der Waals surface area contributed by atoms with E-state index in [4.69, 9.17) is 14.6 Å². The van der Waals surface area contributed by atoms with E-state index in [2.05, 4.69) is 0 Å². The predicted octanol–water partition coefficient (Wildman–Crippen LogP) is -0.515. The van der Waals surface area contributed by atoms with Crippen LogP contribution in [0.2, 0.25) is 0 Å². The highest BCUT2D eigenvalue weighted by atomic mass is 16.7. The van der Waals surface area contributed by atoms with Crippen LogP contribution in [0, 0.1) is 5.92 Å². The van der Waals surface area contributed by atoms with Gasteiger partial charge < -0.3 is 29.9 Å². The first-order valence-corrected chi connectivity index (χ1v) is 5.99. The Hall–Kier alpha value is -0.240. The Bertz CT molecular complexity index is 227. The Morgan fingerprint density at radius 1 is 1.00 bits per heavy atom. The molecule has 0 aromatic carbocycles. The smallest absolute Gasteiger partial charge is 0.186 e. The summed E-state index contributed by atoms with van der Waals surface area (Å²) in [7, 11) is 1.34. The molecular formula is C12H26O6. The number of methoxy groups -OCH3 is 1. The maximum absolute atomic E-state index is 9.91. The van der Waals surface area contributed by atoms with Gasteiger partial charge in [0.1, 0.15) is 12.2 Å². The van der Waals surface area contributed by atoms with Crippen molar-refractivity contribution in [1.29, 1.82) is 0 Å². The highest BCUT2D eigenvalue weighted by molar-refractivity contribution is 4.82. The lowest BCUT2D eigenvalue weighted by molar-refractivity contribution is -0.251. The molecule has 18 heavy (non-hydrogen) atoms. The van der Waals surface area contributed by atoms with E-state index in [1.54, 1.807) is 27.7 Å². The highest BCUT2D eigenvalue weighted by Gasteiger charge is 2.36. The fraction of sp³-hybridized carbons (Fsp3) is 1.00. The van der Waals surface area contributed by atoms with Crippen molar-refractivity contribution in [2.24, 2.45) is 5.92 Å². The standard InChI is InChI=1S/C12H26O6/c1-7(6-13)8(14)9(15)10(16)11(17-5)18-12(2,3)4/h7-11,13-16H,6H2,1-5H3. The Labute approximate surface area is 108 Å². The molecule has 0 aliphatic rings. The van der Waals surface area contributed by atoms with Crippen LogP contribution >= 0.6 is 0 Å². The molecule has 0 spiro atoms. The summed E-state index contributed by atoms with van der Waals surface area (Å²) in [5.41, 5.74) is -0.561. The molecule has 0 saturated heterocycles. The summed E-state index contributed by atoms with van der Waals surface area (Å²) in [6.07, 6.45) is -5.18. The van der Waals surface area contributed by atoms with E-state index in [0.717, 1.165) is 0 Å². The minimum Gasteiger partial charge on any atom is -0.396 e. The molecule has 0 saturated carbocycles. The maximum atomic E-state index is 9.91. The van der Waals surface area contributed by atoms with Gasteiger partial charge in [-0.2, -0.15) is 0 Å². The van der Waals surface area contributed by atoms with Crippen LogP contribution in [0.1, 0.15) is 27.7 Å². The van der Waals surface area contributed by atoms with E-state index in [0.29, 0.717) is 0 Å². The first-order chi connectivity index (χ1) is 8.14. The van der Waals surface area contributed by atoms with Gasteiger partial charge >= 0.3 is 0 Å². The molecule has 0 aliphatic heterocycles. The molecule has 6 heteroatoms. The molecule has 0 rings (SSSR count). The zero-order chi connectivity index (χ0) is 14.5. The number of hydrogen-bond donors (Lipinski definition) is 4. The van der Waals surface area contributed by atoms with Crippen molar-refractivity contribution in [2.75, 3.05) is 13.7 Å². The van der Waals surface area contributed by atoms with Crippen molar-refractivity contribution in [1.82, 2.24) is 0 Å². The maximum Gasteiger partial charge on any atom is 0.186 e. The van der Waals surface area contributed by atoms with Crippen molar-refractivity contribution in [3.05, 3.63) is 0 Å². The molecule has 4 N–H and O–H groups in total. The molecule has 0 heterocycles. The van der Waals surface area contributed by atoms with Gasteiger partial charge in [0, 0.05) is 19.6 Å². The Balaban J connectivity index is 4.62. The summed E-state index contributed by atoms with van der Waals surface area (Å²) < 4.78 is 10.4. The lowest BCUT2D eigenvalue weighted by Gasteiger charge is -2.34. The van der Waals surface area contributed by atoms with Gasteiger partial charge in [0.25, 0.3) is 0 Å². The van der Waals surface area contributed by atoms with Gasteiger partial charge in [0.15, 0.2) is 6.29 Å².